The quantitative estimate of drug-likeness (QED) is 0.0198. The molecule has 0 saturated carbocycles. The largest absolute Gasteiger partial charge is 0.457 e. The Bertz CT molecular complexity index is 1370. The van der Waals surface area contributed by atoms with Gasteiger partial charge in [0.15, 0.2) is 6.29 Å². The van der Waals surface area contributed by atoms with E-state index in [9.17, 15) is 28.5 Å². The van der Waals surface area contributed by atoms with Gasteiger partial charge >= 0.3 is 16.4 Å². The maximum atomic E-state index is 12.9. The molecule has 1 rings (SSSR count). The van der Waals surface area contributed by atoms with Gasteiger partial charge in [0, 0.05) is 13.0 Å². The van der Waals surface area contributed by atoms with Crippen LogP contribution >= 0.6 is 0 Å². The molecule has 1 fully saturated rings. The lowest BCUT2D eigenvalue weighted by Gasteiger charge is -2.41. The van der Waals surface area contributed by atoms with Gasteiger partial charge in [-0.05, 0) is 64.2 Å². The van der Waals surface area contributed by atoms with E-state index in [1.165, 1.54) is 64.2 Å². The van der Waals surface area contributed by atoms with Gasteiger partial charge in [0.2, 0.25) is 0 Å². The van der Waals surface area contributed by atoms with E-state index in [1.807, 2.05) is 0 Å². The van der Waals surface area contributed by atoms with Crippen LogP contribution in [0.2, 0.25) is 0 Å². The summed E-state index contributed by atoms with van der Waals surface area (Å²) in [5.74, 6) is -0.425. The van der Waals surface area contributed by atoms with Gasteiger partial charge in [-0.2, -0.15) is 8.42 Å². The van der Waals surface area contributed by atoms with Gasteiger partial charge in [0.25, 0.3) is 0 Å². The highest BCUT2D eigenvalue weighted by Crippen LogP contribution is 2.26. The number of ether oxygens (including phenoxy) is 4. The fourth-order valence-electron chi connectivity index (χ4n) is 6.97. The Kier molecular flexibility index (Phi) is 38.1. The van der Waals surface area contributed by atoms with Gasteiger partial charge < -0.3 is 34.3 Å². The van der Waals surface area contributed by atoms with Crippen LogP contribution in [0.1, 0.15) is 174 Å². The minimum atomic E-state index is -5.07. The monoisotopic (exact) mass is 911 g/mol. The number of aliphatic hydroxyl groups excluding tert-OH is 3. The molecule has 0 aromatic carbocycles. The van der Waals surface area contributed by atoms with Crippen molar-refractivity contribution >= 4 is 16.4 Å². The lowest BCUT2D eigenvalue weighted by Crippen LogP contribution is -2.60. The fourth-order valence-corrected chi connectivity index (χ4v) is 7.48. The highest BCUT2D eigenvalue weighted by molar-refractivity contribution is 7.80. The molecule has 364 valence electrons. The van der Waals surface area contributed by atoms with Gasteiger partial charge in [0.1, 0.15) is 30.5 Å². The van der Waals surface area contributed by atoms with E-state index in [0.29, 0.717) is 13.0 Å². The van der Waals surface area contributed by atoms with Gasteiger partial charge in [-0.25, -0.2) is 4.18 Å². The zero-order valence-electron chi connectivity index (χ0n) is 38.9. The highest BCUT2D eigenvalue weighted by Gasteiger charge is 2.48. The SMILES string of the molecule is CC/C=C\C/C=C\C/C=C\C/C=C\C/C=C\C/C=C\CCCCCCC(=O)OC(COCCCCCCCCCCCCCCC)COC1OC(CO)C(O)C(OS(=O)(=O)O)C1O. The first-order valence-corrected chi connectivity index (χ1v) is 25.6. The summed E-state index contributed by atoms with van der Waals surface area (Å²) in [6.07, 6.45) is 43.6. The van der Waals surface area contributed by atoms with E-state index in [2.05, 4.69) is 90.9 Å². The van der Waals surface area contributed by atoms with E-state index in [1.54, 1.807) is 0 Å². The maximum Gasteiger partial charge on any atom is 0.397 e. The van der Waals surface area contributed by atoms with Gasteiger partial charge in [-0.1, -0.05) is 177 Å². The summed E-state index contributed by atoms with van der Waals surface area (Å²) in [6.45, 7) is 3.84. The van der Waals surface area contributed by atoms with Crippen LogP contribution in [-0.2, 0) is 38.3 Å². The highest BCUT2D eigenvalue weighted by atomic mass is 32.3. The lowest BCUT2D eigenvalue weighted by atomic mass is 9.99. The van der Waals surface area contributed by atoms with E-state index in [4.69, 9.17) is 23.5 Å². The summed E-state index contributed by atoms with van der Waals surface area (Å²) >= 11 is 0. The van der Waals surface area contributed by atoms with Crippen LogP contribution in [0.3, 0.4) is 0 Å². The van der Waals surface area contributed by atoms with Gasteiger partial charge in [-0.15, -0.1) is 0 Å². The Morgan fingerprint density at radius 1 is 0.619 bits per heavy atom. The zero-order chi connectivity index (χ0) is 46.1. The van der Waals surface area contributed by atoms with Crippen molar-refractivity contribution in [1.29, 1.82) is 0 Å². The molecule has 1 heterocycles. The second-order valence-corrected chi connectivity index (χ2v) is 17.4. The number of unbranched alkanes of at least 4 members (excludes halogenated alkanes) is 16. The van der Waals surface area contributed by atoms with Crippen LogP contribution in [-0.4, -0.2) is 97.5 Å². The van der Waals surface area contributed by atoms with E-state index in [0.717, 1.165) is 83.5 Å². The number of esters is 1. The molecule has 4 N–H and O–H groups in total. The third-order valence-electron chi connectivity index (χ3n) is 10.6. The smallest absolute Gasteiger partial charge is 0.397 e. The molecule has 0 aromatic heterocycles. The van der Waals surface area contributed by atoms with E-state index in [-0.39, 0.29) is 19.6 Å². The molecular formula is C50H86O12S. The second-order valence-electron chi connectivity index (χ2n) is 16.3. The van der Waals surface area contributed by atoms with Crippen molar-refractivity contribution in [2.45, 2.75) is 211 Å². The summed E-state index contributed by atoms with van der Waals surface area (Å²) in [5.41, 5.74) is 0. The first-order valence-electron chi connectivity index (χ1n) is 24.2. The van der Waals surface area contributed by atoms with E-state index < -0.39 is 59.8 Å². The molecule has 63 heavy (non-hydrogen) atoms. The van der Waals surface area contributed by atoms with Crippen LogP contribution in [0, 0.1) is 0 Å². The van der Waals surface area contributed by atoms with Crippen molar-refractivity contribution in [2.24, 2.45) is 0 Å². The summed E-state index contributed by atoms with van der Waals surface area (Å²) in [4.78, 5) is 12.9. The van der Waals surface area contributed by atoms with Crippen LogP contribution in [0.25, 0.3) is 0 Å². The molecule has 12 nitrogen and oxygen atoms in total. The Morgan fingerprint density at radius 3 is 1.60 bits per heavy atom. The molecule has 6 unspecified atom stereocenters. The first kappa shape index (κ1) is 58.6. The zero-order valence-corrected chi connectivity index (χ0v) is 39.7. The minimum Gasteiger partial charge on any atom is -0.457 e. The molecule has 0 bridgehead atoms. The Morgan fingerprint density at radius 2 is 1.10 bits per heavy atom. The topological polar surface area (TPSA) is 178 Å². The Balaban J connectivity index is 2.41. The summed E-state index contributed by atoms with van der Waals surface area (Å²) < 4.78 is 59.1. The molecule has 6 atom stereocenters. The van der Waals surface area contributed by atoms with Crippen molar-refractivity contribution in [3.05, 3.63) is 72.9 Å². The van der Waals surface area contributed by atoms with Crippen molar-refractivity contribution in [3.63, 3.8) is 0 Å². The molecule has 0 spiro atoms. The number of hydrogen-bond donors (Lipinski definition) is 4. The number of rotatable bonds is 41. The first-order chi connectivity index (χ1) is 30.6. The number of carbonyl (C=O) groups excluding carboxylic acids is 1. The Hall–Kier alpha value is -2.46. The maximum absolute atomic E-state index is 12.9. The van der Waals surface area contributed by atoms with E-state index >= 15 is 0 Å². The van der Waals surface area contributed by atoms with Crippen LogP contribution < -0.4 is 0 Å². The second kappa shape index (κ2) is 41.0. The van der Waals surface area contributed by atoms with Crippen molar-refractivity contribution in [3.8, 4) is 0 Å². The van der Waals surface area contributed by atoms with Crippen molar-refractivity contribution in [2.75, 3.05) is 26.4 Å². The molecule has 1 saturated heterocycles. The Labute approximate surface area is 381 Å². The van der Waals surface area contributed by atoms with Crippen LogP contribution in [0.4, 0.5) is 0 Å². The normalized spacial score (nSPS) is 20.5. The summed E-state index contributed by atoms with van der Waals surface area (Å²) in [5, 5.41) is 30.7. The molecule has 0 aromatic rings. The predicted octanol–water partition coefficient (Wildman–Crippen LogP) is 10.7. The number of aliphatic hydroxyl groups is 3. The fraction of sp³-hybridized carbons (Fsp3) is 0.740. The molecular weight excluding hydrogens is 825 g/mol. The molecule has 1 aliphatic rings. The third-order valence-corrected chi connectivity index (χ3v) is 11.1. The van der Waals surface area contributed by atoms with Crippen LogP contribution in [0.15, 0.2) is 72.9 Å². The standard InChI is InChI=1S/C50H86O12S/c1-3-5-7-9-11-13-15-17-18-19-20-21-22-23-24-25-26-27-29-31-33-35-37-39-46(52)60-44(42-58-40-38-36-34-32-30-28-16-14-12-10-8-6-4-2)43-59-50-48(54)49(62-63(55,56)57)47(53)45(41-51)61-50/h5,7,11,13,17-18,20-21,23-24,26-27,44-45,47-51,53-54H,3-4,6,8-10,12,14-16,19,22,25,28-43H2,1-2H3,(H,55,56,57)/b7-5-,13-11-,18-17-,21-20-,24-23-,27-26-. The average molecular weight is 911 g/mol. The van der Waals surface area contributed by atoms with Crippen molar-refractivity contribution in [1.82, 2.24) is 0 Å². The molecule has 13 heteroatoms. The summed E-state index contributed by atoms with van der Waals surface area (Å²) in [6, 6.07) is 0. The van der Waals surface area contributed by atoms with Gasteiger partial charge in [0.05, 0.1) is 19.8 Å². The minimum absolute atomic E-state index is 0.0236. The lowest BCUT2D eigenvalue weighted by molar-refractivity contribution is -0.301. The third kappa shape index (κ3) is 34.5. The molecule has 0 amide bonds. The average Bonchev–Trinajstić information content (AvgIpc) is 3.26. The predicted molar refractivity (Wildman–Crippen MR) is 252 cm³/mol. The number of hydrogen-bond acceptors (Lipinski definition) is 11. The summed E-state index contributed by atoms with van der Waals surface area (Å²) in [7, 11) is -5.07. The molecule has 1 aliphatic heterocycles. The molecule has 0 aliphatic carbocycles. The molecule has 0 radical (unpaired) electrons. The van der Waals surface area contributed by atoms with Gasteiger partial charge in [-0.3, -0.25) is 9.35 Å². The number of allylic oxidation sites excluding steroid dienone is 12. The van der Waals surface area contributed by atoms with Crippen molar-refractivity contribution < 1.29 is 56.2 Å². The van der Waals surface area contributed by atoms with Crippen LogP contribution in [0.5, 0.6) is 0 Å². The number of carbonyl (C=O) groups is 1.